The monoisotopic (exact) mass is 435 g/mol. The van der Waals surface area contributed by atoms with Crippen molar-refractivity contribution in [2.24, 2.45) is 0 Å². The molecule has 0 saturated heterocycles. The van der Waals surface area contributed by atoms with E-state index in [1.165, 1.54) is 17.7 Å². The van der Waals surface area contributed by atoms with Crippen molar-refractivity contribution < 1.29 is 14.3 Å². The van der Waals surface area contributed by atoms with E-state index in [0.717, 1.165) is 31.5 Å². The molecule has 3 rings (SSSR count). The number of ether oxygens (including phenoxy) is 2. The first-order valence-corrected chi connectivity index (χ1v) is 9.55. The molecule has 8 heteroatoms. The number of methoxy groups -OCH3 is 1. The van der Waals surface area contributed by atoms with Gasteiger partial charge in [-0.2, -0.15) is 0 Å². The Balaban J connectivity index is 1.94. The number of hydrogen-bond acceptors (Lipinski definition) is 7. The Morgan fingerprint density at radius 2 is 2.08 bits per heavy atom. The fourth-order valence-electron chi connectivity index (χ4n) is 2.45. The first-order valence-electron chi connectivity index (χ1n) is 7.94. The summed E-state index contributed by atoms with van der Waals surface area (Å²) >= 11 is 4.84. The number of thiophene rings is 1. The van der Waals surface area contributed by atoms with E-state index in [0.29, 0.717) is 17.3 Å². The lowest BCUT2D eigenvalue weighted by molar-refractivity contribution is 0.0393. The fraction of sp³-hybridized carbons (Fsp3) is 0.278. The number of carbonyl (C=O) groups is 1. The second kappa shape index (κ2) is 8.11. The summed E-state index contributed by atoms with van der Waals surface area (Å²) in [5, 5.41) is 4.14. The van der Waals surface area contributed by atoms with Gasteiger partial charge in [0.05, 0.1) is 12.0 Å². The average Bonchev–Trinajstić information content (AvgIpc) is 2.96. The molecule has 0 unspecified atom stereocenters. The molecule has 0 atom stereocenters. The number of hydrogen-bond donors (Lipinski definition) is 1. The van der Waals surface area contributed by atoms with Crippen LogP contribution < -0.4 is 5.32 Å². The van der Waals surface area contributed by atoms with Gasteiger partial charge >= 0.3 is 5.97 Å². The smallest absolute Gasteiger partial charge is 0.348 e. The lowest BCUT2D eigenvalue weighted by Crippen LogP contribution is -2.09. The van der Waals surface area contributed by atoms with Gasteiger partial charge < -0.3 is 14.8 Å². The quantitative estimate of drug-likeness (QED) is 0.449. The molecular weight excluding hydrogens is 418 g/mol. The highest BCUT2D eigenvalue weighted by molar-refractivity contribution is 9.10. The Kier molecular flexibility index (Phi) is 5.85. The normalized spacial score (nSPS) is 10.9. The number of anilines is 2. The zero-order chi connectivity index (χ0) is 18.7. The van der Waals surface area contributed by atoms with Gasteiger partial charge in [0.15, 0.2) is 0 Å². The number of fused-ring (bicyclic) bond motifs is 1. The van der Waals surface area contributed by atoms with Crippen molar-refractivity contribution in [3.05, 3.63) is 45.0 Å². The van der Waals surface area contributed by atoms with Crippen molar-refractivity contribution in [2.75, 3.05) is 25.6 Å². The van der Waals surface area contributed by atoms with Crippen LogP contribution >= 0.6 is 27.3 Å². The number of nitrogens with one attached hydrogen (secondary N) is 1. The van der Waals surface area contributed by atoms with E-state index in [2.05, 4.69) is 31.2 Å². The molecule has 0 amide bonds. The molecule has 2 aromatic heterocycles. The number of carbonyl (C=O) groups excluding carboxylic acids is 1. The SMILES string of the molecule is COCCOC(=O)c1sc2ncnc(Nc3ccc(C)c(Br)c3)c2c1C. The van der Waals surface area contributed by atoms with Crippen LogP contribution in [0, 0.1) is 13.8 Å². The van der Waals surface area contributed by atoms with Gasteiger partial charge in [0.2, 0.25) is 0 Å². The van der Waals surface area contributed by atoms with E-state index < -0.39 is 0 Å². The molecule has 1 aromatic carbocycles. The minimum Gasteiger partial charge on any atom is -0.459 e. The van der Waals surface area contributed by atoms with E-state index in [4.69, 9.17) is 9.47 Å². The van der Waals surface area contributed by atoms with Crippen molar-refractivity contribution >= 4 is 55.0 Å². The summed E-state index contributed by atoms with van der Waals surface area (Å²) in [6.07, 6.45) is 1.49. The Morgan fingerprint density at radius 1 is 1.27 bits per heavy atom. The van der Waals surface area contributed by atoms with Crippen LogP contribution in [0.5, 0.6) is 0 Å². The number of aryl methyl sites for hydroxylation is 2. The van der Waals surface area contributed by atoms with Crippen LogP contribution in [0.15, 0.2) is 29.0 Å². The zero-order valence-corrected chi connectivity index (χ0v) is 17.0. The Morgan fingerprint density at radius 3 is 2.81 bits per heavy atom. The van der Waals surface area contributed by atoms with Gasteiger partial charge in [-0.05, 0) is 37.1 Å². The van der Waals surface area contributed by atoms with Crippen LogP contribution in [-0.4, -0.2) is 36.3 Å². The average molecular weight is 436 g/mol. The van der Waals surface area contributed by atoms with Crippen molar-refractivity contribution in [1.29, 1.82) is 0 Å². The Hall–Kier alpha value is -2.03. The Labute approximate surface area is 163 Å². The molecule has 6 nitrogen and oxygen atoms in total. The fourth-order valence-corrected chi connectivity index (χ4v) is 3.87. The molecule has 0 aliphatic heterocycles. The number of rotatable bonds is 6. The molecule has 3 aromatic rings. The molecule has 0 bridgehead atoms. The summed E-state index contributed by atoms with van der Waals surface area (Å²) in [6.45, 7) is 4.49. The topological polar surface area (TPSA) is 73.3 Å². The van der Waals surface area contributed by atoms with Gasteiger partial charge in [-0.3, -0.25) is 0 Å². The molecule has 0 aliphatic rings. The Bertz CT molecular complexity index is 958. The van der Waals surface area contributed by atoms with Crippen molar-refractivity contribution in [1.82, 2.24) is 9.97 Å². The predicted molar refractivity (Wildman–Crippen MR) is 106 cm³/mol. The summed E-state index contributed by atoms with van der Waals surface area (Å²) < 4.78 is 11.2. The molecule has 0 spiro atoms. The molecule has 0 saturated carbocycles. The third-order valence-corrected chi connectivity index (χ3v) is 5.90. The molecule has 0 radical (unpaired) electrons. The molecule has 1 N–H and O–H groups in total. The molecular formula is C18H18BrN3O3S. The van der Waals surface area contributed by atoms with Gasteiger partial charge in [0.25, 0.3) is 0 Å². The maximum Gasteiger partial charge on any atom is 0.348 e. The van der Waals surface area contributed by atoms with Gasteiger partial charge in [0.1, 0.15) is 28.5 Å². The second-order valence-electron chi connectivity index (χ2n) is 5.68. The van der Waals surface area contributed by atoms with Gasteiger partial charge in [-0.15, -0.1) is 11.3 Å². The number of aromatic nitrogens is 2. The highest BCUT2D eigenvalue weighted by Crippen LogP contribution is 2.35. The summed E-state index contributed by atoms with van der Waals surface area (Å²) in [6, 6.07) is 5.99. The van der Waals surface area contributed by atoms with Crippen LogP contribution in [0.1, 0.15) is 20.8 Å². The highest BCUT2D eigenvalue weighted by atomic mass is 79.9. The van der Waals surface area contributed by atoms with Crippen LogP contribution in [0.4, 0.5) is 11.5 Å². The summed E-state index contributed by atoms with van der Waals surface area (Å²) in [5.41, 5.74) is 2.86. The van der Waals surface area contributed by atoms with Crippen molar-refractivity contribution in [2.45, 2.75) is 13.8 Å². The number of nitrogens with zero attached hydrogens (tertiary/aromatic N) is 2. The maximum absolute atomic E-state index is 12.3. The minimum absolute atomic E-state index is 0.219. The number of benzene rings is 1. The second-order valence-corrected chi connectivity index (χ2v) is 7.53. The van der Waals surface area contributed by atoms with E-state index in [1.807, 2.05) is 32.0 Å². The molecule has 26 heavy (non-hydrogen) atoms. The molecule has 2 heterocycles. The van der Waals surface area contributed by atoms with E-state index in [9.17, 15) is 4.79 Å². The minimum atomic E-state index is -0.369. The standard InChI is InChI=1S/C18H18BrN3O3S/c1-10-4-5-12(8-13(10)19)22-16-14-11(2)15(18(23)25-7-6-24-3)26-17(14)21-9-20-16/h4-5,8-9H,6-7H2,1-3H3,(H,20,21,22). The van der Waals surface area contributed by atoms with Gasteiger partial charge in [0, 0.05) is 17.3 Å². The highest BCUT2D eigenvalue weighted by Gasteiger charge is 2.20. The van der Waals surface area contributed by atoms with E-state index >= 15 is 0 Å². The largest absolute Gasteiger partial charge is 0.459 e. The first kappa shape index (κ1) is 18.8. The number of halogens is 1. The van der Waals surface area contributed by atoms with Gasteiger partial charge in [-0.1, -0.05) is 22.0 Å². The lowest BCUT2D eigenvalue weighted by Gasteiger charge is -2.09. The third kappa shape index (κ3) is 3.87. The van der Waals surface area contributed by atoms with E-state index in [1.54, 1.807) is 7.11 Å². The predicted octanol–water partition coefficient (Wildman–Crippen LogP) is 4.62. The summed E-state index contributed by atoms with van der Waals surface area (Å²) in [4.78, 5) is 22.3. The third-order valence-electron chi connectivity index (χ3n) is 3.87. The first-order chi connectivity index (χ1) is 12.5. The zero-order valence-electron chi connectivity index (χ0n) is 14.6. The van der Waals surface area contributed by atoms with Gasteiger partial charge in [-0.25, -0.2) is 14.8 Å². The maximum atomic E-state index is 12.3. The van der Waals surface area contributed by atoms with Crippen molar-refractivity contribution in [3.8, 4) is 0 Å². The number of esters is 1. The molecule has 0 aliphatic carbocycles. The van der Waals surface area contributed by atoms with Crippen LogP contribution in [0.3, 0.4) is 0 Å². The van der Waals surface area contributed by atoms with Crippen LogP contribution in [-0.2, 0) is 9.47 Å². The summed E-state index contributed by atoms with van der Waals surface area (Å²) in [7, 11) is 1.56. The van der Waals surface area contributed by atoms with Crippen molar-refractivity contribution in [3.63, 3.8) is 0 Å². The van der Waals surface area contributed by atoms with E-state index in [-0.39, 0.29) is 12.6 Å². The molecule has 136 valence electrons. The summed E-state index contributed by atoms with van der Waals surface area (Å²) in [5.74, 6) is 0.294. The molecule has 0 fully saturated rings. The van der Waals surface area contributed by atoms with Crippen LogP contribution in [0.2, 0.25) is 0 Å². The van der Waals surface area contributed by atoms with Crippen LogP contribution in [0.25, 0.3) is 10.2 Å². The lowest BCUT2D eigenvalue weighted by atomic mass is 10.2.